The number of carbonyl (C=O) groups excluding carboxylic acids is 1. The zero-order valence-corrected chi connectivity index (χ0v) is 13.2. The van der Waals surface area contributed by atoms with Crippen molar-refractivity contribution in [2.45, 2.75) is 20.3 Å². The maximum atomic E-state index is 12.5. The molecule has 0 aliphatic carbocycles. The van der Waals surface area contributed by atoms with E-state index in [0.717, 1.165) is 23.2 Å². The lowest BCUT2D eigenvalue weighted by Gasteiger charge is -2.13. The lowest BCUT2D eigenvalue weighted by Crippen LogP contribution is -2.14. The van der Waals surface area contributed by atoms with Crippen LogP contribution in [0.2, 0.25) is 5.02 Å². The van der Waals surface area contributed by atoms with Crippen molar-refractivity contribution in [2.24, 2.45) is 0 Å². The molecule has 0 saturated heterocycles. The number of rotatable bonds is 3. The Morgan fingerprint density at radius 1 is 1.32 bits per heavy atom. The standard InChI is InChI=1S/C17H16ClNO3/c1-3-11-6-4-5-10(2)15(11)19-17(20)12-7-13(18)16-14(8-12)21-9-22-16/h4-8H,3,9H2,1-2H3,(H,19,20). The van der Waals surface area contributed by atoms with E-state index in [4.69, 9.17) is 21.1 Å². The van der Waals surface area contributed by atoms with Crippen LogP contribution >= 0.6 is 11.6 Å². The highest BCUT2D eigenvalue weighted by Gasteiger charge is 2.21. The fourth-order valence-electron chi connectivity index (χ4n) is 2.49. The molecule has 0 saturated carbocycles. The number of halogens is 1. The summed E-state index contributed by atoms with van der Waals surface area (Å²) in [6.07, 6.45) is 0.846. The van der Waals surface area contributed by atoms with E-state index in [2.05, 4.69) is 12.2 Å². The Bertz CT molecular complexity index is 743. The van der Waals surface area contributed by atoms with Crippen molar-refractivity contribution in [1.82, 2.24) is 0 Å². The van der Waals surface area contributed by atoms with E-state index >= 15 is 0 Å². The maximum absolute atomic E-state index is 12.5. The van der Waals surface area contributed by atoms with Crippen LogP contribution in [0, 0.1) is 6.92 Å². The van der Waals surface area contributed by atoms with E-state index in [1.54, 1.807) is 12.1 Å². The summed E-state index contributed by atoms with van der Waals surface area (Å²) in [7, 11) is 0. The van der Waals surface area contributed by atoms with E-state index < -0.39 is 0 Å². The van der Waals surface area contributed by atoms with Gasteiger partial charge in [0.15, 0.2) is 11.5 Å². The Kier molecular flexibility index (Phi) is 3.94. The number of nitrogens with one attached hydrogen (secondary N) is 1. The molecule has 1 heterocycles. The van der Waals surface area contributed by atoms with Gasteiger partial charge < -0.3 is 14.8 Å². The largest absolute Gasteiger partial charge is 0.454 e. The summed E-state index contributed by atoms with van der Waals surface area (Å²) in [6.45, 7) is 4.15. The predicted octanol–water partition coefficient (Wildman–Crippen LogP) is 4.19. The monoisotopic (exact) mass is 317 g/mol. The molecule has 2 aromatic rings. The molecule has 0 fully saturated rings. The third kappa shape index (κ3) is 2.62. The second-order valence-corrected chi connectivity index (χ2v) is 5.52. The number of anilines is 1. The summed E-state index contributed by atoms with van der Waals surface area (Å²) in [5.74, 6) is 0.769. The van der Waals surface area contributed by atoms with E-state index in [9.17, 15) is 4.79 Å². The molecule has 1 amide bonds. The third-order valence-corrected chi connectivity index (χ3v) is 3.95. The Hall–Kier alpha value is -2.20. The fourth-order valence-corrected chi connectivity index (χ4v) is 2.75. The van der Waals surface area contributed by atoms with Gasteiger partial charge in [-0.15, -0.1) is 0 Å². The van der Waals surface area contributed by atoms with Crippen LogP contribution in [0.4, 0.5) is 5.69 Å². The number of hydrogen-bond donors (Lipinski definition) is 1. The van der Waals surface area contributed by atoms with Crippen molar-refractivity contribution < 1.29 is 14.3 Å². The van der Waals surface area contributed by atoms with Crippen LogP contribution in [0.5, 0.6) is 11.5 Å². The van der Waals surface area contributed by atoms with Crippen LogP contribution in [-0.4, -0.2) is 12.7 Å². The van der Waals surface area contributed by atoms with Gasteiger partial charge in [0.25, 0.3) is 5.91 Å². The Labute approximate surface area is 134 Å². The molecule has 2 aromatic carbocycles. The summed E-state index contributed by atoms with van der Waals surface area (Å²) in [4.78, 5) is 12.5. The molecular formula is C17H16ClNO3. The zero-order chi connectivity index (χ0) is 15.7. The first-order valence-electron chi connectivity index (χ1n) is 7.09. The first-order chi connectivity index (χ1) is 10.6. The molecule has 1 aliphatic heterocycles. The van der Waals surface area contributed by atoms with E-state index in [-0.39, 0.29) is 12.7 Å². The third-order valence-electron chi connectivity index (χ3n) is 3.67. The minimum Gasteiger partial charge on any atom is -0.454 e. The van der Waals surface area contributed by atoms with Crippen molar-refractivity contribution in [3.8, 4) is 11.5 Å². The molecular weight excluding hydrogens is 302 g/mol. The minimum atomic E-state index is -0.218. The first-order valence-corrected chi connectivity index (χ1v) is 7.47. The Balaban J connectivity index is 1.92. The number of aryl methyl sites for hydroxylation is 2. The van der Waals surface area contributed by atoms with Gasteiger partial charge in [-0.25, -0.2) is 0 Å². The van der Waals surface area contributed by atoms with E-state index in [1.165, 1.54) is 0 Å². The average Bonchev–Trinajstić information content (AvgIpc) is 2.98. The SMILES string of the molecule is CCc1cccc(C)c1NC(=O)c1cc(Cl)c2c(c1)OCO2. The van der Waals surface area contributed by atoms with Crippen LogP contribution < -0.4 is 14.8 Å². The summed E-state index contributed by atoms with van der Waals surface area (Å²) in [6, 6.07) is 9.21. The molecule has 0 radical (unpaired) electrons. The molecule has 4 nitrogen and oxygen atoms in total. The molecule has 1 N–H and O–H groups in total. The smallest absolute Gasteiger partial charge is 0.255 e. The average molecular weight is 318 g/mol. The summed E-state index contributed by atoms with van der Waals surface area (Å²) in [5.41, 5.74) is 3.42. The van der Waals surface area contributed by atoms with Gasteiger partial charge in [-0.05, 0) is 36.6 Å². The number of fused-ring (bicyclic) bond motifs is 1. The van der Waals surface area contributed by atoms with Gasteiger partial charge in [0.1, 0.15) is 0 Å². The highest BCUT2D eigenvalue weighted by Crippen LogP contribution is 2.40. The van der Waals surface area contributed by atoms with Crippen LogP contribution in [0.3, 0.4) is 0 Å². The number of carbonyl (C=O) groups is 1. The van der Waals surface area contributed by atoms with E-state index in [0.29, 0.717) is 22.1 Å². The van der Waals surface area contributed by atoms with Crippen LogP contribution in [0.15, 0.2) is 30.3 Å². The lowest BCUT2D eigenvalue weighted by atomic mass is 10.1. The summed E-state index contributed by atoms with van der Waals surface area (Å²) in [5, 5.41) is 3.35. The zero-order valence-electron chi connectivity index (χ0n) is 12.4. The molecule has 3 rings (SSSR count). The maximum Gasteiger partial charge on any atom is 0.255 e. The molecule has 5 heteroatoms. The highest BCUT2D eigenvalue weighted by molar-refractivity contribution is 6.32. The number of ether oxygens (including phenoxy) is 2. The number of hydrogen-bond acceptors (Lipinski definition) is 3. The summed E-state index contributed by atoms with van der Waals surface area (Å²) < 4.78 is 10.6. The van der Waals surface area contributed by atoms with Gasteiger partial charge in [-0.2, -0.15) is 0 Å². The van der Waals surface area contributed by atoms with Crippen LogP contribution in [0.25, 0.3) is 0 Å². The Morgan fingerprint density at radius 3 is 2.91 bits per heavy atom. The summed E-state index contributed by atoms with van der Waals surface area (Å²) >= 11 is 6.13. The second-order valence-electron chi connectivity index (χ2n) is 5.11. The predicted molar refractivity (Wildman–Crippen MR) is 86.1 cm³/mol. The van der Waals surface area contributed by atoms with Gasteiger partial charge in [-0.1, -0.05) is 36.7 Å². The Morgan fingerprint density at radius 2 is 2.14 bits per heavy atom. The van der Waals surface area contributed by atoms with Gasteiger partial charge in [0.2, 0.25) is 6.79 Å². The van der Waals surface area contributed by atoms with Crippen LogP contribution in [-0.2, 0) is 6.42 Å². The lowest BCUT2D eigenvalue weighted by molar-refractivity contribution is 0.102. The number of para-hydroxylation sites is 1. The molecule has 0 atom stereocenters. The van der Waals surface area contributed by atoms with Crippen molar-refractivity contribution in [3.63, 3.8) is 0 Å². The normalized spacial score (nSPS) is 12.3. The van der Waals surface area contributed by atoms with Crippen molar-refractivity contribution in [3.05, 3.63) is 52.0 Å². The molecule has 0 bridgehead atoms. The van der Waals surface area contributed by atoms with Crippen molar-refractivity contribution in [2.75, 3.05) is 12.1 Å². The molecule has 0 aromatic heterocycles. The number of benzene rings is 2. The van der Waals surface area contributed by atoms with Gasteiger partial charge in [0, 0.05) is 11.3 Å². The minimum absolute atomic E-state index is 0.123. The van der Waals surface area contributed by atoms with Crippen molar-refractivity contribution >= 4 is 23.2 Å². The second kappa shape index (κ2) is 5.89. The number of amides is 1. The topological polar surface area (TPSA) is 47.6 Å². The molecule has 22 heavy (non-hydrogen) atoms. The highest BCUT2D eigenvalue weighted by atomic mass is 35.5. The fraction of sp³-hybridized carbons (Fsp3) is 0.235. The molecule has 114 valence electrons. The van der Waals surface area contributed by atoms with Gasteiger partial charge in [-0.3, -0.25) is 4.79 Å². The molecule has 1 aliphatic rings. The van der Waals surface area contributed by atoms with Crippen LogP contribution in [0.1, 0.15) is 28.4 Å². The van der Waals surface area contributed by atoms with E-state index in [1.807, 2.05) is 25.1 Å². The van der Waals surface area contributed by atoms with Gasteiger partial charge in [0.05, 0.1) is 5.02 Å². The van der Waals surface area contributed by atoms with Crippen molar-refractivity contribution in [1.29, 1.82) is 0 Å². The molecule has 0 unspecified atom stereocenters. The first kappa shape index (κ1) is 14.7. The van der Waals surface area contributed by atoms with Gasteiger partial charge >= 0.3 is 0 Å². The molecule has 0 spiro atoms. The quantitative estimate of drug-likeness (QED) is 0.923.